The Morgan fingerprint density at radius 1 is 1.17 bits per heavy atom. The first kappa shape index (κ1) is 7.29. The second kappa shape index (κ2) is 2.94. The van der Waals surface area contributed by atoms with Gasteiger partial charge in [0.1, 0.15) is 0 Å². The Morgan fingerprint density at radius 3 is 2.75 bits per heavy atom. The molecule has 0 amide bonds. The zero-order chi connectivity index (χ0) is 8.39. The van der Waals surface area contributed by atoms with Crippen molar-refractivity contribution in [3.63, 3.8) is 0 Å². The number of fused-ring (bicyclic) bond motifs is 1. The van der Waals surface area contributed by atoms with Crippen LogP contribution in [-0.4, -0.2) is 4.98 Å². The van der Waals surface area contributed by atoms with Gasteiger partial charge in [-0.1, -0.05) is 31.2 Å². The Kier molecular flexibility index (Phi) is 1.78. The lowest BCUT2D eigenvalue weighted by molar-refractivity contribution is 0.954. The Bertz CT molecular complexity index is 304. The van der Waals surface area contributed by atoms with E-state index in [1.54, 1.807) is 0 Å². The third-order valence-corrected chi connectivity index (χ3v) is 2.05. The molecule has 1 aromatic heterocycles. The van der Waals surface area contributed by atoms with E-state index in [1.807, 2.05) is 18.5 Å². The van der Waals surface area contributed by atoms with Crippen LogP contribution in [0.15, 0.2) is 30.6 Å². The van der Waals surface area contributed by atoms with Crippen molar-refractivity contribution in [1.82, 2.24) is 4.98 Å². The number of hydrogen-bond donors (Lipinski definition) is 0. The molecule has 2 rings (SSSR count). The normalized spacial score (nSPS) is 20.2. The fourth-order valence-electron chi connectivity index (χ4n) is 1.28. The van der Waals surface area contributed by atoms with Gasteiger partial charge < -0.3 is 0 Å². The molecule has 1 heterocycles. The Labute approximate surface area is 72.5 Å². The summed E-state index contributed by atoms with van der Waals surface area (Å²) < 4.78 is 0. The predicted molar refractivity (Wildman–Crippen MR) is 51.5 cm³/mol. The van der Waals surface area contributed by atoms with Gasteiger partial charge in [0.15, 0.2) is 0 Å². The number of allylic oxidation sites excluding steroid dienone is 2. The summed E-state index contributed by atoms with van der Waals surface area (Å²) in [6, 6.07) is 2.04. The summed E-state index contributed by atoms with van der Waals surface area (Å²) in [5, 5.41) is 0. The van der Waals surface area contributed by atoms with Crippen molar-refractivity contribution in [2.45, 2.75) is 6.92 Å². The molecule has 0 aliphatic heterocycles. The number of hydrogen-bond acceptors (Lipinski definition) is 1. The van der Waals surface area contributed by atoms with E-state index < -0.39 is 0 Å². The van der Waals surface area contributed by atoms with Crippen LogP contribution in [0.25, 0.3) is 12.2 Å². The highest BCUT2D eigenvalue weighted by Gasteiger charge is 2.00. The lowest BCUT2D eigenvalue weighted by atomic mass is 10.1. The molecule has 0 aromatic carbocycles. The van der Waals surface area contributed by atoms with Crippen molar-refractivity contribution < 1.29 is 0 Å². The summed E-state index contributed by atoms with van der Waals surface area (Å²) in [6.45, 7) is 2.17. The summed E-state index contributed by atoms with van der Waals surface area (Å²) in [6.07, 6.45) is 12.4. The number of aromatic nitrogens is 1. The van der Waals surface area contributed by atoms with Crippen molar-refractivity contribution in [1.29, 1.82) is 0 Å². The molecule has 60 valence electrons. The van der Waals surface area contributed by atoms with Crippen LogP contribution in [0.1, 0.15) is 18.1 Å². The van der Waals surface area contributed by atoms with Crippen LogP contribution in [0.4, 0.5) is 0 Å². The molecule has 0 fully saturated rings. The first-order valence-corrected chi connectivity index (χ1v) is 4.17. The van der Waals surface area contributed by atoms with E-state index in [2.05, 4.69) is 36.2 Å². The highest BCUT2D eigenvalue weighted by molar-refractivity contribution is 5.66. The molecule has 1 aliphatic rings. The van der Waals surface area contributed by atoms with Gasteiger partial charge in [0.25, 0.3) is 0 Å². The summed E-state index contributed by atoms with van der Waals surface area (Å²) in [4.78, 5) is 4.08. The summed E-state index contributed by atoms with van der Waals surface area (Å²) >= 11 is 0. The zero-order valence-corrected chi connectivity index (χ0v) is 7.07. The van der Waals surface area contributed by atoms with Crippen molar-refractivity contribution in [3.8, 4) is 0 Å². The van der Waals surface area contributed by atoms with Gasteiger partial charge in [0, 0.05) is 12.4 Å². The van der Waals surface area contributed by atoms with E-state index in [0.717, 1.165) is 0 Å². The smallest absolute Gasteiger partial charge is 0.0346 e. The molecule has 12 heavy (non-hydrogen) atoms. The minimum absolute atomic E-state index is 0.525. The molecule has 1 unspecified atom stereocenters. The summed E-state index contributed by atoms with van der Waals surface area (Å²) in [5.41, 5.74) is 2.46. The topological polar surface area (TPSA) is 12.9 Å². The van der Waals surface area contributed by atoms with E-state index in [1.165, 1.54) is 11.1 Å². The Balaban J connectivity index is 2.52. The van der Waals surface area contributed by atoms with Gasteiger partial charge in [-0.05, 0) is 23.1 Å². The van der Waals surface area contributed by atoms with Gasteiger partial charge in [-0.2, -0.15) is 0 Å². The molecule has 1 aromatic rings. The molecule has 0 saturated carbocycles. The highest BCUT2D eigenvalue weighted by atomic mass is 14.6. The van der Waals surface area contributed by atoms with Gasteiger partial charge in [0.05, 0.1) is 0 Å². The average molecular weight is 157 g/mol. The first-order chi connectivity index (χ1) is 5.86. The maximum Gasteiger partial charge on any atom is 0.0346 e. The van der Waals surface area contributed by atoms with Crippen molar-refractivity contribution >= 4 is 12.2 Å². The molecule has 1 aliphatic carbocycles. The van der Waals surface area contributed by atoms with Gasteiger partial charge in [0.2, 0.25) is 0 Å². The number of nitrogens with zero attached hydrogens (tertiary/aromatic N) is 1. The molecule has 0 spiro atoms. The fourth-order valence-corrected chi connectivity index (χ4v) is 1.28. The lowest BCUT2D eigenvalue weighted by Crippen LogP contribution is -1.80. The second-order valence-corrected chi connectivity index (χ2v) is 3.08. The molecule has 0 N–H and O–H groups in total. The van der Waals surface area contributed by atoms with E-state index in [4.69, 9.17) is 0 Å². The van der Waals surface area contributed by atoms with E-state index in [-0.39, 0.29) is 0 Å². The van der Waals surface area contributed by atoms with Crippen LogP contribution in [0, 0.1) is 5.92 Å². The van der Waals surface area contributed by atoms with Gasteiger partial charge >= 0.3 is 0 Å². The van der Waals surface area contributed by atoms with Gasteiger partial charge in [-0.25, -0.2) is 0 Å². The van der Waals surface area contributed by atoms with Crippen LogP contribution >= 0.6 is 0 Å². The molecule has 0 saturated heterocycles. The van der Waals surface area contributed by atoms with Crippen LogP contribution in [0.5, 0.6) is 0 Å². The molecule has 0 bridgehead atoms. The van der Waals surface area contributed by atoms with Gasteiger partial charge in [-0.15, -0.1) is 0 Å². The average Bonchev–Trinajstić information content (AvgIpc) is 2.29. The Morgan fingerprint density at radius 2 is 1.92 bits per heavy atom. The SMILES string of the molecule is CC1C=Cc2ccncc2C=C1. The first-order valence-electron chi connectivity index (χ1n) is 4.17. The third-order valence-electron chi connectivity index (χ3n) is 2.05. The maximum absolute atomic E-state index is 4.08. The lowest BCUT2D eigenvalue weighted by Gasteiger charge is -1.95. The maximum atomic E-state index is 4.08. The largest absolute Gasteiger partial charge is 0.264 e. The van der Waals surface area contributed by atoms with Crippen molar-refractivity contribution in [3.05, 3.63) is 41.7 Å². The Hall–Kier alpha value is -1.37. The van der Waals surface area contributed by atoms with Crippen LogP contribution < -0.4 is 0 Å². The highest BCUT2D eigenvalue weighted by Crippen LogP contribution is 2.17. The third kappa shape index (κ3) is 1.30. The molecule has 1 nitrogen and oxygen atoms in total. The number of pyridine rings is 1. The van der Waals surface area contributed by atoms with Crippen LogP contribution in [-0.2, 0) is 0 Å². The molecular formula is C11H11N. The quantitative estimate of drug-likeness (QED) is 0.564. The van der Waals surface area contributed by atoms with Crippen LogP contribution in [0.2, 0.25) is 0 Å². The predicted octanol–water partition coefficient (Wildman–Crippen LogP) is 2.76. The molecule has 0 radical (unpaired) electrons. The number of rotatable bonds is 0. The van der Waals surface area contributed by atoms with E-state index in [9.17, 15) is 0 Å². The summed E-state index contributed by atoms with van der Waals surface area (Å²) in [5.74, 6) is 0.525. The van der Waals surface area contributed by atoms with Crippen LogP contribution in [0.3, 0.4) is 0 Å². The minimum atomic E-state index is 0.525. The molecule has 1 atom stereocenters. The van der Waals surface area contributed by atoms with E-state index in [0.29, 0.717) is 5.92 Å². The fraction of sp³-hybridized carbons (Fsp3) is 0.182. The molecule has 1 heteroatoms. The zero-order valence-electron chi connectivity index (χ0n) is 7.07. The van der Waals surface area contributed by atoms with Crippen molar-refractivity contribution in [2.75, 3.05) is 0 Å². The van der Waals surface area contributed by atoms with Crippen molar-refractivity contribution in [2.24, 2.45) is 5.92 Å². The second-order valence-electron chi connectivity index (χ2n) is 3.08. The van der Waals surface area contributed by atoms with Gasteiger partial charge in [-0.3, -0.25) is 4.98 Å². The van der Waals surface area contributed by atoms with E-state index >= 15 is 0 Å². The standard InChI is InChI=1S/C11H11N/c1-9-2-4-10-6-7-12-8-11(10)5-3-9/h2-9H,1H3. The molecular weight excluding hydrogens is 146 g/mol. The monoisotopic (exact) mass is 157 g/mol. The minimum Gasteiger partial charge on any atom is -0.264 e. The summed E-state index contributed by atoms with van der Waals surface area (Å²) in [7, 11) is 0.